The maximum atomic E-state index is 12.4. The number of rotatable bonds is 5. The molecule has 6 nitrogen and oxygen atoms in total. The molecule has 149 valence electrons. The van der Waals surface area contributed by atoms with Gasteiger partial charge in [0, 0.05) is 51.7 Å². The highest BCUT2D eigenvalue weighted by atomic mass is 16.1. The Kier molecular flexibility index (Phi) is 10.9. The Hall–Kier alpha value is -1.69. The van der Waals surface area contributed by atoms with Crippen molar-refractivity contribution < 1.29 is 4.79 Å². The second-order valence-electron chi connectivity index (χ2n) is 7.00. The zero-order valence-electron chi connectivity index (χ0n) is 16.5. The van der Waals surface area contributed by atoms with Crippen molar-refractivity contribution in [3.05, 3.63) is 39.2 Å². The fourth-order valence-electron chi connectivity index (χ4n) is 3.64. The highest BCUT2D eigenvalue weighted by Crippen LogP contribution is 2.23. The second kappa shape index (κ2) is 12.7. The van der Waals surface area contributed by atoms with Gasteiger partial charge in [-0.3, -0.25) is 9.69 Å². The van der Waals surface area contributed by atoms with E-state index in [1.807, 2.05) is 6.07 Å². The number of anilines is 1. The molecule has 1 amide bonds. The first-order valence-corrected chi connectivity index (χ1v) is 9.70. The predicted octanol–water partition coefficient (Wildman–Crippen LogP) is 2.69. The van der Waals surface area contributed by atoms with Gasteiger partial charge in [0.1, 0.15) is 0 Å². The van der Waals surface area contributed by atoms with E-state index in [0.29, 0.717) is 0 Å². The van der Waals surface area contributed by atoms with E-state index in [1.165, 1.54) is 32.1 Å². The number of carbonyl (C=O) groups is 1. The van der Waals surface area contributed by atoms with Crippen LogP contribution in [0, 0.1) is 20.8 Å². The maximum Gasteiger partial charge on any atom is 0.227 e. The van der Waals surface area contributed by atoms with Crippen LogP contribution < -0.4 is 10.2 Å². The number of nitrogens with zero attached hydrogens (tertiary/aromatic N) is 4. The fraction of sp³-hybridized carbons (Fsp3) is 0.619. The Morgan fingerprint density at radius 3 is 2.15 bits per heavy atom. The third kappa shape index (κ3) is 7.45. The molecule has 0 spiro atoms. The van der Waals surface area contributed by atoms with Crippen molar-refractivity contribution in [1.29, 1.82) is 0 Å². The standard InChI is InChI=1S/C19H30N5O.2CH2/c25-18(17-7-4-2-1-3-5-8-17)20-11-12-23-13-15-24(16-14-23)19-21-9-6-10-22-19;;/h6,9-10H,1-5,7-8,11-16H2,(H,20,25);2*1H2. The van der Waals surface area contributed by atoms with Crippen LogP contribution in [-0.4, -0.2) is 60.0 Å². The number of amides is 1. The minimum Gasteiger partial charge on any atom is -0.354 e. The molecular weight excluding hydrogens is 338 g/mol. The van der Waals surface area contributed by atoms with Crippen LogP contribution in [0.25, 0.3) is 0 Å². The molecule has 0 unspecified atom stereocenters. The lowest BCUT2D eigenvalue weighted by molar-refractivity contribution is -0.119. The first-order valence-electron chi connectivity index (χ1n) is 9.70. The van der Waals surface area contributed by atoms with Gasteiger partial charge in [-0.25, -0.2) is 9.97 Å². The van der Waals surface area contributed by atoms with Gasteiger partial charge in [-0.2, -0.15) is 0 Å². The molecule has 27 heavy (non-hydrogen) atoms. The van der Waals surface area contributed by atoms with Crippen LogP contribution in [0.3, 0.4) is 0 Å². The molecule has 3 rings (SSSR count). The van der Waals surface area contributed by atoms with Gasteiger partial charge in [0.15, 0.2) is 0 Å². The molecule has 0 aromatic carbocycles. The van der Waals surface area contributed by atoms with E-state index >= 15 is 0 Å². The van der Waals surface area contributed by atoms with Crippen molar-refractivity contribution in [3.63, 3.8) is 0 Å². The summed E-state index contributed by atoms with van der Waals surface area (Å²) in [5.41, 5.74) is 0. The summed E-state index contributed by atoms with van der Waals surface area (Å²) in [5.74, 6) is 2.13. The van der Waals surface area contributed by atoms with E-state index < -0.39 is 0 Å². The van der Waals surface area contributed by atoms with Crippen molar-refractivity contribution in [2.75, 3.05) is 44.2 Å². The van der Waals surface area contributed by atoms with Gasteiger partial charge in [-0.1, -0.05) is 47.0 Å². The van der Waals surface area contributed by atoms with Crippen LogP contribution in [0.4, 0.5) is 5.95 Å². The topological polar surface area (TPSA) is 61.4 Å². The SMILES string of the molecule is O=C(NCCN1CCN(c2ncccn2)CC1)[C]1CCCCCCC1.[CH2].[CH2]. The summed E-state index contributed by atoms with van der Waals surface area (Å²) in [5, 5.41) is 3.13. The number of carbonyl (C=O) groups excluding carboxylic acids is 1. The van der Waals surface area contributed by atoms with Crippen molar-refractivity contribution in [3.8, 4) is 0 Å². The molecule has 1 N–H and O–H groups in total. The minimum absolute atomic E-state index is 0. The normalized spacial score (nSPS) is 19.2. The average Bonchev–Trinajstić information content (AvgIpc) is 2.63. The van der Waals surface area contributed by atoms with E-state index in [9.17, 15) is 4.79 Å². The molecule has 5 radical (unpaired) electrons. The van der Waals surface area contributed by atoms with Crippen LogP contribution >= 0.6 is 0 Å². The van der Waals surface area contributed by atoms with E-state index in [4.69, 9.17) is 0 Å². The van der Waals surface area contributed by atoms with Gasteiger partial charge >= 0.3 is 0 Å². The van der Waals surface area contributed by atoms with Crippen molar-refractivity contribution in [2.24, 2.45) is 0 Å². The summed E-state index contributed by atoms with van der Waals surface area (Å²) in [6.07, 6.45) is 11.8. The highest BCUT2D eigenvalue weighted by Gasteiger charge is 2.21. The summed E-state index contributed by atoms with van der Waals surface area (Å²) in [6.45, 7) is 5.52. The fourth-order valence-corrected chi connectivity index (χ4v) is 3.64. The molecule has 2 aliphatic rings. The Morgan fingerprint density at radius 2 is 1.52 bits per heavy atom. The smallest absolute Gasteiger partial charge is 0.227 e. The van der Waals surface area contributed by atoms with Crippen molar-refractivity contribution in [2.45, 2.75) is 44.9 Å². The predicted molar refractivity (Wildman–Crippen MR) is 110 cm³/mol. The largest absolute Gasteiger partial charge is 0.354 e. The van der Waals surface area contributed by atoms with Gasteiger partial charge < -0.3 is 10.2 Å². The third-order valence-corrected chi connectivity index (χ3v) is 5.20. The molecule has 1 saturated carbocycles. The van der Waals surface area contributed by atoms with Crippen molar-refractivity contribution >= 4 is 11.9 Å². The zero-order valence-corrected chi connectivity index (χ0v) is 16.5. The van der Waals surface area contributed by atoms with Gasteiger partial charge in [0.2, 0.25) is 11.9 Å². The van der Waals surface area contributed by atoms with Crippen LogP contribution in [-0.2, 0) is 4.79 Å². The van der Waals surface area contributed by atoms with Gasteiger partial charge in [-0.05, 0) is 18.9 Å². The Morgan fingerprint density at radius 1 is 0.926 bits per heavy atom. The van der Waals surface area contributed by atoms with Crippen LogP contribution in [0.15, 0.2) is 18.5 Å². The first kappa shape index (κ1) is 23.3. The highest BCUT2D eigenvalue weighted by molar-refractivity contribution is 5.89. The number of nitrogens with one attached hydrogen (secondary N) is 1. The average molecular weight is 373 g/mol. The molecule has 1 saturated heterocycles. The van der Waals surface area contributed by atoms with E-state index in [0.717, 1.165) is 64.0 Å². The van der Waals surface area contributed by atoms with E-state index in [2.05, 4.69) is 25.1 Å². The summed E-state index contributed by atoms with van der Waals surface area (Å²) >= 11 is 0. The van der Waals surface area contributed by atoms with Crippen LogP contribution in [0.5, 0.6) is 0 Å². The summed E-state index contributed by atoms with van der Waals surface area (Å²) < 4.78 is 0. The van der Waals surface area contributed by atoms with E-state index in [-0.39, 0.29) is 20.8 Å². The van der Waals surface area contributed by atoms with Crippen LogP contribution in [0.2, 0.25) is 0 Å². The second-order valence-corrected chi connectivity index (χ2v) is 7.00. The molecule has 1 aromatic heterocycles. The Bertz CT molecular complexity index is 509. The van der Waals surface area contributed by atoms with Gasteiger partial charge in [0.05, 0.1) is 5.92 Å². The molecule has 1 aliphatic carbocycles. The molecule has 2 heterocycles. The van der Waals surface area contributed by atoms with Gasteiger partial charge in [-0.15, -0.1) is 0 Å². The van der Waals surface area contributed by atoms with Crippen LogP contribution in [0.1, 0.15) is 44.9 Å². The molecule has 0 atom stereocenters. The zero-order chi connectivity index (χ0) is 17.3. The molecule has 6 heteroatoms. The lowest BCUT2D eigenvalue weighted by atomic mass is 9.90. The summed E-state index contributed by atoms with van der Waals surface area (Å²) in [7, 11) is 0. The molecular formula is C21H34N5O. The Balaban J connectivity index is 0.00000182. The quantitative estimate of drug-likeness (QED) is 0.861. The molecule has 1 aromatic rings. The monoisotopic (exact) mass is 372 g/mol. The lowest BCUT2D eigenvalue weighted by Crippen LogP contribution is -2.49. The minimum atomic E-state index is 0. The first-order chi connectivity index (χ1) is 12.3. The third-order valence-electron chi connectivity index (χ3n) is 5.20. The molecule has 0 bridgehead atoms. The molecule has 2 fully saturated rings. The number of aromatic nitrogens is 2. The van der Waals surface area contributed by atoms with Crippen molar-refractivity contribution in [1.82, 2.24) is 20.2 Å². The number of hydrogen-bond donors (Lipinski definition) is 1. The summed E-state index contributed by atoms with van der Waals surface area (Å²) in [6, 6.07) is 1.84. The number of hydrogen-bond acceptors (Lipinski definition) is 5. The van der Waals surface area contributed by atoms with E-state index in [1.54, 1.807) is 12.4 Å². The Labute approximate surface area is 165 Å². The van der Waals surface area contributed by atoms with Gasteiger partial charge in [0.25, 0.3) is 0 Å². The molecule has 1 aliphatic heterocycles. The summed E-state index contributed by atoms with van der Waals surface area (Å²) in [4.78, 5) is 25.6. The maximum absolute atomic E-state index is 12.4. The number of piperazine rings is 1. The lowest BCUT2D eigenvalue weighted by Gasteiger charge is -2.34.